The van der Waals surface area contributed by atoms with Gasteiger partial charge in [-0.05, 0) is 24.6 Å². The third-order valence-corrected chi connectivity index (χ3v) is 3.92. The molecule has 0 saturated heterocycles. The minimum atomic E-state index is -5.40. The van der Waals surface area contributed by atoms with Gasteiger partial charge >= 0.3 is 5.51 Å². The Morgan fingerprint density at radius 1 is 1.33 bits per heavy atom. The van der Waals surface area contributed by atoms with E-state index in [1.807, 2.05) is 0 Å². The first-order valence-corrected chi connectivity index (χ1v) is 6.32. The second-order valence-electron chi connectivity index (χ2n) is 4.05. The van der Waals surface area contributed by atoms with Crippen LogP contribution in [0.3, 0.4) is 0 Å². The maximum absolute atomic E-state index is 12.4. The van der Waals surface area contributed by atoms with Gasteiger partial charge in [-0.3, -0.25) is 0 Å². The number of nitrogens with two attached hydrogens (primary N) is 1. The zero-order chi connectivity index (χ0) is 14.2. The minimum Gasteiger partial charge on any atom is -0.394 e. The lowest BCUT2D eigenvalue weighted by Crippen LogP contribution is -2.37. The summed E-state index contributed by atoms with van der Waals surface area (Å²) >= 11 is 0. The molecule has 1 unspecified atom stereocenters. The van der Waals surface area contributed by atoms with E-state index >= 15 is 0 Å². The predicted molar refractivity (Wildman–Crippen MR) is 58.3 cm³/mol. The van der Waals surface area contributed by atoms with Crippen molar-refractivity contribution >= 4 is 9.84 Å². The van der Waals surface area contributed by atoms with Crippen molar-refractivity contribution in [1.82, 2.24) is 0 Å². The Hall–Kier alpha value is -1.12. The van der Waals surface area contributed by atoms with Crippen molar-refractivity contribution in [2.45, 2.75) is 22.9 Å². The third-order valence-electron chi connectivity index (χ3n) is 2.44. The van der Waals surface area contributed by atoms with E-state index in [4.69, 9.17) is 10.8 Å². The minimum absolute atomic E-state index is 0.107. The Labute approximate surface area is 102 Å². The van der Waals surface area contributed by atoms with Gasteiger partial charge in [0.2, 0.25) is 0 Å². The molecule has 0 aliphatic rings. The molecule has 0 aliphatic heterocycles. The summed E-state index contributed by atoms with van der Waals surface area (Å²) in [5, 5.41) is 9.00. The lowest BCUT2D eigenvalue weighted by molar-refractivity contribution is -0.0436. The highest BCUT2D eigenvalue weighted by molar-refractivity contribution is 7.92. The van der Waals surface area contributed by atoms with Crippen molar-refractivity contribution < 1.29 is 26.7 Å². The molecule has 0 radical (unpaired) electrons. The highest BCUT2D eigenvalue weighted by atomic mass is 32.2. The summed E-state index contributed by atoms with van der Waals surface area (Å²) in [7, 11) is -5.40. The Bertz CT molecular complexity index is 538. The van der Waals surface area contributed by atoms with Gasteiger partial charge in [0.25, 0.3) is 9.84 Å². The second kappa shape index (κ2) is 4.52. The summed E-state index contributed by atoms with van der Waals surface area (Å²) < 4.78 is 59.5. The van der Waals surface area contributed by atoms with Crippen molar-refractivity contribution in [2.24, 2.45) is 5.73 Å². The number of halogens is 3. The summed E-state index contributed by atoms with van der Waals surface area (Å²) in [5.41, 5.74) is -0.934. The molecule has 0 heterocycles. The van der Waals surface area contributed by atoms with Gasteiger partial charge in [-0.2, -0.15) is 13.2 Å². The van der Waals surface area contributed by atoms with Crippen molar-refractivity contribution in [2.75, 3.05) is 6.61 Å². The van der Waals surface area contributed by atoms with E-state index in [9.17, 15) is 21.6 Å². The molecule has 3 N–H and O–H groups in total. The fraction of sp³-hybridized carbons (Fsp3) is 0.400. The van der Waals surface area contributed by atoms with Crippen LogP contribution in [0.5, 0.6) is 0 Å². The van der Waals surface area contributed by atoms with Crippen LogP contribution in [0.15, 0.2) is 29.2 Å². The van der Waals surface area contributed by atoms with Crippen LogP contribution < -0.4 is 5.73 Å². The molecule has 1 rings (SSSR count). The first kappa shape index (κ1) is 14.9. The van der Waals surface area contributed by atoms with Crippen LogP contribution in [0.2, 0.25) is 0 Å². The summed E-state index contributed by atoms with van der Waals surface area (Å²) in [4.78, 5) is -0.891. The number of aliphatic hydroxyl groups excluding tert-OH is 1. The van der Waals surface area contributed by atoms with Gasteiger partial charge in [0.15, 0.2) is 0 Å². The molecule has 0 fully saturated rings. The maximum atomic E-state index is 12.4. The molecule has 4 nitrogen and oxygen atoms in total. The molecule has 0 spiro atoms. The quantitative estimate of drug-likeness (QED) is 0.872. The fourth-order valence-electron chi connectivity index (χ4n) is 1.24. The van der Waals surface area contributed by atoms with E-state index < -0.39 is 32.4 Å². The lowest BCUT2D eigenvalue weighted by Gasteiger charge is -2.22. The molecule has 0 saturated carbocycles. The Morgan fingerprint density at radius 2 is 1.89 bits per heavy atom. The second-order valence-corrected chi connectivity index (χ2v) is 5.99. The first-order valence-electron chi connectivity index (χ1n) is 4.84. The average molecular weight is 283 g/mol. The summed E-state index contributed by atoms with van der Waals surface area (Å²) in [5.74, 6) is 0. The van der Waals surface area contributed by atoms with Gasteiger partial charge < -0.3 is 10.8 Å². The van der Waals surface area contributed by atoms with Crippen molar-refractivity contribution in [3.8, 4) is 0 Å². The molecule has 0 aromatic heterocycles. The third kappa shape index (κ3) is 2.65. The molecule has 1 aromatic carbocycles. The lowest BCUT2D eigenvalue weighted by atomic mass is 9.94. The number of aliphatic hydroxyl groups is 1. The topological polar surface area (TPSA) is 80.4 Å². The number of alkyl halides is 3. The first-order chi connectivity index (χ1) is 8.02. The van der Waals surface area contributed by atoms with Crippen LogP contribution in [0.4, 0.5) is 13.2 Å². The largest absolute Gasteiger partial charge is 0.501 e. The monoisotopic (exact) mass is 283 g/mol. The Morgan fingerprint density at radius 3 is 2.33 bits per heavy atom. The van der Waals surface area contributed by atoms with Crippen LogP contribution in [0.25, 0.3) is 0 Å². The zero-order valence-electron chi connectivity index (χ0n) is 9.40. The molecular weight excluding hydrogens is 271 g/mol. The SMILES string of the molecule is CC(N)(CO)c1cccc(S(=O)(=O)C(F)(F)F)c1. The summed E-state index contributed by atoms with van der Waals surface area (Å²) in [6, 6.07) is 4.15. The van der Waals surface area contributed by atoms with Gasteiger partial charge in [0.05, 0.1) is 17.0 Å². The van der Waals surface area contributed by atoms with Crippen molar-refractivity contribution in [3.63, 3.8) is 0 Å². The number of rotatable bonds is 3. The summed E-state index contributed by atoms with van der Waals surface area (Å²) in [6.07, 6.45) is 0. The van der Waals surface area contributed by atoms with Crippen molar-refractivity contribution in [3.05, 3.63) is 29.8 Å². The van der Waals surface area contributed by atoms with E-state index in [0.717, 1.165) is 18.2 Å². The molecule has 1 atom stereocenters. The number of hydrogen-bond donors (Lipinski definition) is 2. The molecular formula is C10H12F3NO3S. The van der Waals surface area contributed by atoms with E-state index in [0.29, 0.717) is 0 Å². The Balaban J connectivity index is 3.36. The van der Waals surface area contributed by atoms with Crippen LogP contribution in [-0.4, -0.2) is 25.6 Å². The van der Waals surface area contributed by atoms with Gasteiger partial charge in [0.1, 0.15) is 0 Å². The normalized spacial score (nSPS) is 16.3. The molecule has 0 bridgehead atoms. The van der Waals surface area contributed by atoms with Gasteiger partial charge in [-0.1, -0.05) is 12.1 Å². The van der Waals surface area contributed by atoms with Gasteiger partial charge in [0, 0.05) is 0 Å². The van der Waals surface area contributed by atoms with Crippen LogP contribution in [-0.2, 0) is 15.4 Å². The van der Waals surface area contributed by atoms with E-state index in [-0.39, 0.29) is 5.56 Å². The van der Waals surface area contributed by atoms with E-state index in [1.165, 1.54) is 13.0 Å². The standard InChI is InChI=1S/C10H12F3NO3S/c1-9(14,6-15)7-3-2-4-8(5-7)18(16,17)10(11,12)13/h2-5,15H,6,14H2,1H3. The van der Waals surface area contributed by atoms with Gasteiger partial charge in [-0.25, -0.2) is 8.42 Å². The molecule has 1 aromatic rings. The number of benzene rings is 1. The van der Waals surface area contributed by atoms with Crippen LogP contribution >= 0.6 is 0 Å². The smallest absolute Gasteiger partial charge is 0.394 e. The molecule has 0 amide bonds. The highest BCUT2D eigenvalue weighted by Gasteiger charge is 2.47. The van der Waals surface area contributed by atoms with Crippen molar-refractivity contribution in [1.29, 1.82) is 0 Å². The molecule has 102 valence electrons. The number of sulfone groups is 1. The molecule has 18 heavy (non-hydrogen) atoms. The average Bonchev–Trinajstić information content (AvgIpc) is 2.27. The van der Waals surface area contributed by atoms with E-state index in [2.05, 4.69) is 0 Å². The van der Waals surface area contributed by atoms with Crippen LogP contribution in [0, 0.1) is 0 Å². The van der Waals surface area contributed by atoms with E-state index in [1.54, 1.807) is 0 Å². The Kier molecular flexibility index (Phi) is 3.75. The predicted octanol–water partition coefficient (Wildman–Crippen LogP) is 1.15. The maximum Gasteiger partial charge on any atom is 0.501 e. The zero-order valence-corrected chi connectivity index (χ0v) is 10.2. The van der Waals surface area contributed by atoms with Gasteiger partial charge in [-0.15, -0.1) is 0 Å². The number of hydrogen-bond acceptors (Lipinski definition) is 4. The summed E-state index contributed by atoms with van der Waals surface area (Å²) in [6.45, 7) is 0.856. The molecule has 8 heteroatoms. The highest BCUT2D eigenvalue weighted by Crippen LogP contribution is 2.31. The molecule has 0 aliphatic carbocycles. The van der Waals surface area contributed by atoms with Crippen LogP contribution in [0.1, 0.15) is 12.5 Å². The fourth-order valence-corrected chi connectivity index (χ4v) is 2.05.